The highest BCUT2D eigenvalue weighted by molar-refractivity contribution is 14.0. The number of nitrogens with one attached hydrogen (secondary N) is 2. The Hall–Kier alpha value is -0.980. The number of halogens is 1. The van der Waals surface area contributed by atoms with Crippen LogP contribution in [0.3, 0.4) is 0 Å². The molecule has 0 aliphatic carbocycles. The van der Waals surface area contributed by atoms with Gasteiger partial charge in [0.1, 0.15) is 12.4 Å². The zero-order valence-electron chi connectivity index (χ0n) is 13.6. The maximum atomic E-state index is 5.70. The van der Waals surface area contributed by atoms with Crippen LogP contribution in [-0.4, -0.2) is 32.2 Å². The first-order valence-corrected chi connectivity index (χ1v) is 7.23. The van der Waals surface area contributed by atoms with Crippen LogP contribution in [0.2, 0.25) is 0 Å². The number of ether oxygens (including phenoxy) is 1. The van der Waals surface area contributed by atoms with E-state index in [1.165, 1.54) is 5.56 Å². The van der Waals surface area contributed by atoms with Crippen LogP contribution in [0.15, 0.2) is 29.3 Å². The summed E-state index contributed by atoms with van der Waals surface area (Å²) in [6.45, 7) is 9.87. The first-order valence-electron chi connectivity index (χ1n) is 7.23. The molecule has 0 bridgehead atoms. The molecule has 0 aliphatic heterocycles. The molecule has 21 heavy (non-hydrogen) atoms. The van der Waals surface area contributed by atoms with E-state index < -0.39 is 0 Å². The van der Waals surface area contributed by atoms with E-state index in [0.29, 0.717) is 18.6 Å². The molecular formula is C16H28IN3O. The highest BCUT2D eigenvalue weighted by atomic mass is 127. The standard InChI is InChI=1S/C16H27N3O.HI/c1-12(2)14-6-8-15(9-7-14)20-11-10-18-16(17-5)19-13(3)4;/h6-9,12-13H,10-11H2,1-5H3,(H2,17,18,19);1H. The van der Waals surface area contributed by atoms with Crippen molar-refractivity contribution in [1.29, 1.82) is 0 Å². The van der Waals surface area contributed by atoms with Crippen LogP contribution in [-0.2, 0) is 0 Å². The van der Waals surface area contributed by atoms with E-state index in [9.17, 15) is 0 Å². The van der Waals surface area contributed by atoms with Crippen molar-refractivity contribution in [3.63, 3.8) is 0 Å². The molecule has 1 aromatic rings. The monoisotopic (exact) mass is 405 g/mol. The van der Waals surface area contributed by atoms with Gasteiger partial charge in [-0.05, 0) is 37.5 Å². The lowest BCUT2D eigenvalue weighted by molar-refractivity contribution is 0.321. The first-order chi connectivity index (χ1) is 9.52. The topological polar surface area (TPSA) is 45.7 Å². The van der Waals surface area contributed by atoms with Crippen LogP contribution in [0.1, 0.15) is 39.2 Å². The van der Waals surface area contributed by atoms with Crippen molar-refractivity contribution >= 4 is 29.9 Å². The first kappa shape index (κ1) is 20.0. The number of aliphatic imine (C=N–C) groups is 1. The molecular weight excluding hydrogens is 377 g/mol. The van der Waals surface area contributed by atoms with Crippen LogP contribution in [0.4, 0.5) is 0 Å². The Morgan fingerprint density at radius 1 is 1.14 bits per heavy atom. The predicted molar refractivity (Wildman–Crippen MR) is 101 cm³/mol. The van der Waals surface area contributed by atoms with Crippen molar-refractivity contribution in [2.75, 3.05) is 20.2 Å². The van der Waals surface area contributed by atoms with E-state index >= 15 is 0 Å². The number of guanidine groups is 1. The molecule has 0 aromatic heterocycles. The van der Waals surface area contributed by atoms with Crippen LogP contribution < -0.4 is 15.4 Å². The van der Waals surface area contributed by atoms with Crippen molar-refractivity contribution < 1.29 is 4.74 Å². The van der Waals surface area contributed by atoms with Gasteiger partial charge in [-0.3, -0.25) is 4.99 Å². The summed E-state index contributed by atoms with van der Waals surface area (Å²) in [4.78, 5) is 4.14. The fourth-order valence-electron chi connectivity index (χ4n) is 1.76. The third-order valence-electron chi connectivity index (χ3n) is 2.86. The summed E-state index contributed by atoms with van der Waals surface area (Å²) in [5.41, 5.74) is 1.33. The second-order valence-electron chi connectivity index (χ2n) is 5.37. The van der Waals surface area contributed by atoms with Gasteiger partial charge < -0.3 is 15.4 Å². The normalized spacial score (nSPS) is 11.3. The molecule has 0 saturated carbocycles. The Bertz CT molecular complexity index is 416. The SMILES string of the molecule is CN=C(NCCOc1ccc(C(C)C)cc1)NC(C)C.I. The third kappa shape index (κ3) is 8.14. The lowest BCUT2D eigenvalue weighted by Gasteiger charge is -2.14. The Kier molecular flexibility index (Phi) is 10.2. The zero-order valence-corrected chi connectivity index (χ0v) is 16.0. The van der Waals surface area contributed by atoms with Gasteiger partial charge in [0.25, 0.3) is 0 Å². The van der Waals surface area contributed by atoms with Crippen molar-refractivity contribution in [1.82, 2.24) is 10.6 Å². The quantitative estimate of drug-likeness (QED) is 0.330. The molecule has 4 nitrogen and oxygen atoms in total. The van der Waals surface area contributed by atoms with Crippen molar-refractivity contribution in [2.45, 2.75) is 39.7 Å². The zero-order chi connectivity index (χ0) is 15.0. The van der Waals surface area contributed by atoms with Gasteiger partial charge in [0, 0.05) is 13.1 Å². The molecule has 1 rings (SSSR count). The molecule has 0 fully saturated rings. The largest absolute Gasteiger partial charge is 0.492 e. The summed E-state index contributed by atoms with van der Waals surface area (Å²) in [7, 11) is 1.77. The van der Waals surface area contributed by atoms with Gasteiger partial charge in [0.15, 0.2) is 5.96 Å². The van der Waals surface area contributed by atoms with Gasteiger partial charge in [-0.2, -0.15) is 0 Å². The summed E-state index contributed by atoms with van der Waals surface area (Å²) in [6.07, 6.45) is 0. The third-order valence-corrected chi connectivity index (χ3v) is 2.86. The van der Waals surface area contributed by atoms with E-state index in [0.717, 1.165) is 18.3 Å². The molecule has 0 radical (unpaired) electrons. The van der Waals surface area contributed by atoms with Gasteiger partial charge >= 0.3 is 0 Å². The second-order valence-corrected chi connectivity index (χ2v) is 5.37. The van der Waals surface area contributed by atoms with Gasteiger partial charge in [0.2, 0.25) is 0 Å². The van der Waals surface area contributed by atoms with Crippen LogP contribution in [0.25, 0.3) is 0 Å². The minimum absolute atomic E-state index is 0. The highest BCUT2D eigenvalue weighted by Crippen LogP contribution is 2.18. The average Bonchev–Trinajstić information content (AvgIpc) is 2.42. The second kappa shape index (κ2) is 10.7. The molecule has 0 spiro atoms. The summed E-state index contributed by atoms with van der Waals surface area (Å²) < 4.78 is 5.70. The minimum atomic E-state index is 0. The van der Waals surface area contributed by atoms with E-state index in [-0.39, 0.29) is 24.0 Å². The van der Waals surface area contributed by atoms with Crippen molar-refractivity contribution in [3.05, 3.63) is 29.8 Å². The lowest BCUT2D eigenvalue weighted by atomic mass is 10.0. The highest BCUT2D eigenvalue weighted by Gasteiger charge is 2.01. The van der Waals surface area contributed by atoms with Gasteiger partial charge in [0.05, 0.1) is 6.54 Å². The molecule has 2 N–H and O–H groups in total. The van der Waals surface area contributed by atoms with Crippen LogP contribution in [0.5, 0.6) is 5.75 Å². The summed E-state index contributed by atoms with van der Waals surface area (Å²) >= 11 is 0. The summed E-state index contributed by atoms with van der Waals surface area (Å²) in [6, 6.07) is 8.65. The summed E-state index contributed by atoms with van der Waals surface area (Å²) in [5.74, 6) is 2.26. The molecule has 0 unspecified atom stereocenters. The van der Waals surface area contributed by atoms with E-state index in [1.54, 1.807) is 7.05 Å². The Balaban J connectivity index is 0.00000400. The molecule has 0 amide bonds. The predicted octanol–water partition coefficient (Wildman–Crippen LogP) is 3.38. The molecule has 5 heteroatoms. The number of hydrogen-bond acceptors (Lipinski definition) is 2. The van der Waals surface area contributed by atoms with Crippen LogP contribution in [0, 0.1) is 0 Å². The van der Waals surface area contributed by atoms with Crippen molar-refractivity contribution in [2.24, 2.45) is 4.99 Å². The maximum Gasteiger partial charge on any atom is 0.191 e. The average molecular weight is 405 g/mol. The minimum Gasteiger partial charge on any atom is -0.492 e. The molecule has 0 saturated heterocycles. The fourth-order valence-corrected chi connectivity index (χ4v) is 1.76. The maximum absolute atomic E-state index is 5.70. The van der Waals surface area contributed by atoms with Gasteiger partial charge in [-0.25, -0.2) is 0 Å². The molecule has 0 atom stereocenters. The van der Waals surface area contributed by atoms with Crippen molar-refractivity contribution in [3.8, 4) is 5.75 Å². The molecule has 1 aromatic carbocycles. The Morgan fingerprint density at radius 2 is 1.76 bits per heavy atom. The van der Waals surface area contributed by atoms with E-state index in [4.69, 9.17) is 4.74 Å². The number of nitrogens with zero attached hydrogens (tertiary/aromatic N) is 1. The van der Waals surface area contributed by atoms with Gasteiger partial charge in [-0.1, -0.05) is 26.0 Å². The number of benzene rings is 1. The number of hydrogen-bond donors (Lipinski definition) is 2. The molecule has 120 valence electrons. The van der Waals surface area contributed by atoms with E-state index in [2.05, 4.69) is 55.5 Å². The Labute approximate surface area is 145 Å². The molecule has 0 aliphatic rings. The van der Waals surface area contributed by atoms with Gasteiger partial charge in [-0.15, -0.1) is 24.0 Å². The van der Waals surface area contributed by atoms with Crippen LogP contribution >= 0.6 is 24.0 Å². The number of rotatable bonds is 6. The van der Waals surface area contributed by atoms with E-state index in [1.807, 2.05) is 12.1 Å². The molecule has 0 heterocycles. The fraction of sp³-hybridized carbons (Fsp3) is 0.562. The summed E-state index contributed by atoms with van der Waals surface area (Å²) in [5, 5.41) is 6.45. The lowest BCUT2D eigenvalue weighted by Crippen LogP contribution is -2.42. The Morgan fingerprint density at radius 3 is 2.24 bits per heavy atom. The smallest absolute Gasteiger partial charge is 0.191 e.